The zero-order valence-corrected chi connectivity index (χ0v) is 37.6. The molecule has 0 aromatic carbocycles. The maximum absolute atomic E-state index is 11.9. The van der Waals surface area contributed by atoms with Crippen molar-refractivity contribution in [3.05, 3.63) is 0 Å². The van der Waals surface area contributed by atoms with Gasteiger partial charge in [0.1, 0.15) is 61.0 Å². The number of ether oxygens (including phenoxy) is 7. The first kappa shape index (κ1) is 48.3. The van der Waals surface area contributed by atoms with Gasteiger partial charge in [0.2, 0.25) is 0 Å². The van der Waals surface area contributed by atoms with Crippen LogP contribution < -0.4 is 0 Å². The molecule has 368 valence electrons. The highest BCUT2D eigenvalue weighted by Gasteiger charge is 2.69. The molecule has 11 N–H and O–H groups in total. The van der Waals surface area contributed by atoms with Gasteiger partial charge in [-0.1, -0.05) is 27.7 Å². The molecule has 1 spiro atoms. The van der Waals surface area contributed by atoms with E-state index in [4.69, 9.17) is 33.2 Å². The van der Waals surface area contributed by atoms with Crippen LogP contribution in [-0.4, -0.2) is 193 Å². The van der Waals surface area contributed by atoms with Crippen molar-refractivity contribution in [1.82, 2.24) is 0 Å². The molecule has 5 aliphatic carbocycles. The highest BCUT2D eigenvalue weighted by atomic mass is 16.8. The van der Waals surface area contributed by atoms with Crippen LogP contribution in [0.3, 0.4) is 0 Å². The summed E-state index contributed by atoms with van der Waals surface area (Å²) in [6, 6.07) is 0. The van der Waals surface area contributed by atoms with Gasteiger partial charge in [0.05, 0.1) is 50.3 Å². The molecule has 9 fully saturated rings. The average molecular weight is 917 g/mol. The van der Waals surface area contributed by atoms with E-state index in [9.17, 15) is 56.2 Å². The van der Waals surface area contributed by atoms with Crippen molar-refractivity contribution in [3.8, 4) is 0 Å². The van der Waals surface area contributed by atoms with E-state index in [1.807, 2.05) is 0 Å². The van der Waals surface area contributed by atoms with Gasteiger partial charge < -0.3 is 89.3 Å². The van der Waals surface area contributed by atoms with E-state index in [-0.39, 0.29) is 29.3 Å². The van der Waals surface area contributed by atoms with Crippen molar-refractivity contribution in [3.63, 3.8) is 0 Å². The van der Waals surface area contributed by atoms with Crippen LogP contribution in [0.4, 0.5) is 0 Å². The Balaban J connectivity index is 0.848. The maximum Gasteiger partial charge on any atom is 0.187 e. The molecular formula is C46H76O18. The van der Waals surface area contributed by atoms with Crippen molar-refractivity contribution in [2.24, 2.45) is 58.2 Å². The quantitative estimate of drug-likeness (QED) is 0.131. The molecule has 18 heteroatoms. The van der Waals surface area contributed by atoms with Crippen LogP contribution in [0.5, 0.6) is 0 Å². The molecule has 0 aromatic heterocycles. The van der Waals surface area contributed by atoms with Crippen LogP contribution in [0.1, 0.15) is 91.9 Å². The standard InChI is InChI=1S/C46H76O18/c1-19-7-10-46(58-18-19)20(2)32-28(64-46)13-25-23-6-5-22-12-27(26(50)14-45(22,4)24(23)8-9-44(25,32)3)59-29-11-21(15-47)40(37(55)33(29)51)62-43-41(38(56)35(53)31(17-49)61-43)63-42-39(57)36(54)34(52)30(16-48)60-42/h19-43,47-57H,5-18H2,1-4H3/t19?,20-,21+,22-,23?,24?,25?,26+,27+,28?,29+,30+,31+,32?,33-,34+,35+,36-,37+,38-,39+,40-,41+,42-,43-,44-,45-,46+/m0/s1. The van der Waals surface area contributed by atoms with Gasteiger partial charge in [0.25, 0.3) is 0 Å². The Labute approximate surface area is 375 Å². The Morgan fingerprint density at radius 3 is 1.94 bits per heavy atom. The molecule has 0 aromatic rings. The number of hydrogen-bond donors (Lipinski definition) is 11. The topological polar surface area (TPSA) is 287 Å². The van der Waals surface area contributed by atoms with Gasteiger partial charge in [-0.05, 0) is 104 Å². The first-order chi connectivity index (χ1) is 30.4. The van der Waals surface area contributed by atoms with E-state index in [0.717, 1.165) is 51.6 Å². The largest absolute Gasteiger partial charge is 0.396 e. The predicted molar refractivity (Wildman–Crippen MR) is 220 cm³/mol. The van der Waals surface area contributed by atoms with Crippen molar-refractivity contribution >= 4 is 0 Å². The monoisotopic (exact) mass is 917 g/mol. The number of fused-ring (bicyclic) bond motifs is 7. The summed E-state index contributed by atoms with van der Waals surface area (Å²) in [4.78, 5) is 0. The van der Waals surface area contributed by atoms with Gasteiger partial charge in [-0.15, -0.1) is 0 Å². The number of aliphatic hydroxyl groups is 11. The van der Waals surface area contributed by atoms with Crippen molar-refractivity contribution in [2.45, 2.75) is 202 Å². The number of hydrogen-bond acceptors (Lipinski definition) is 18. The lowest BCUT2D eigenvalue weighted by Gasteiger charge is -2.62. The second-order valence-electron chi connectivity index (χ2n) is 22.2. The molecule has 4 saturated heterocycles. The Morgan fingerprint density at radius 2 is 1.27 bits per heavy atom. The van der Waals surface area contributed by atoms with Gasteiger partial charge in [-0.2, -0.15) is 0 Å². The minimum atomic E-state index is -1.88. The highest BCUT2D eigenvalue weighted by Crippen LogP contribution is 2.71. The molecule has 5 saturated carbocycles. The zero-order valence-electron chi connectivity index (χ0n) is 37.6. The number of aliphatic hydroxyl groups excluding tert-OH is 11. The molecule has 6 unspecified atom stereocenters. The Kier molecular flexibility index (Phi) is 13.8. The smallest absolute Gasteiger partial charge is 0.187 e. The summed E-state index contributed by atoms with van der Waals surface area (Å²) in [7, 11) is 0. The molecule has 4 aliphatic heterocycles. The maximum atomic E-state index is 11.9. The Bertz CT molecular complexity index is 1600. The summed E-state index contributed by atoms with van der Waals surface area (Å²) in [5, 5.41) is 118. The van der Waals surface area contributed by atoms with Crippen molar-refractivity contribution in [1.29, 1.82) is 0 Å². The summed E-state index contributed by atoms with van der Waals surface area (Å²) >= 11 is 0. The van der Waals surface area contributed by atoms with Crippen molar-refractivity contribution < 1.29 is 89.3 Å². The van der Waals surface area contributed by atoms with E-state index in [1.54, 1.807) is 0 Å². The molecule has 4 heterocycles. The first-order valence-corrected chi connectivity index (χ1v) is 24.3. The van der Waals surface area contributed by atoms with Gasteiger partial charge in [0.15, 0.2) is 18.4 Å². The van der Waals surface area contributed by atoms with Crippen LogP contribution in [0.25, 0.3) is 0 Å². The molecule has 0 bridgehead atoms. The van der Waals surface area contributed by atoms with Crippen LogP contribution in [0.2, 0.25) is 0 Å². The predicted octanol–water partition coefficient (Wildman–Crippen LogP) is -1.10. The minimum Gasteiger partial charge on any atom is -0.396 e. The summed E-state index contributed by atoms with van der Waals surface area (Å²) in [6.07, 6.45) is -15.2. The molecule has 0 radical (unpaired) electrons. The summed E-state index contributed by atoms with van der Waals surface area (Å²) in [5.74, 6) is 1.86. The second-order valence-corrected chi connectivity index (χ2v) is 22.2. The molecule has 28 atom stereocenters. The molecule has 64 heavy (non-hydrogen) atoms. The van der Waals surface area contributed by atoms with Gasteiger partial charge in [0, 0.05) is 24.9 Å². The first-order valence-electron chi connectivity index (χ1n) is 24.3. The summed E-state index contributed by atoms with van der Waals surface area (Å²) in [6.45, 7) is 8.19. The van der Waals surface area contributed by atoms with E-state index < -0.39 is 130 Å². The lowest BCUT2D eigenvalue weighted by molar-refractivity contribution is -0.379. The van der Waals surface area contributed by atoms with Crippen LogP contribution in [0, 0.1) is 58.2 Å². The third kappa shape index (κ3) is 7.86. The van der Waals surface area contributed by atoms with Crippen LogP contribution in [-0.2, 0) is 33.2 Å². The molecule has 0 amide bonds. The van der Waals surface area contributed by atoms with Crippen molar-refractivity contribution in [2.75, 3.05) is 26.4 Å². The fraction of sp³-hybridized carbons (Fsp3) is 1.00. The van der Waals surface area contributed by atoms with Gasteiger partial charge in [-0.3, -0.25) is 0 Å². The molecular weight excluding hydrogens is 840 g/mol. The zero-order chi connectivity index (χ0) is 45.8. The summed E-state index contributed by atoms with van der Waals surface area (Å²) in [5.41, 5.74) is 0.0720. The minimum absolute atomic E-state index is 0.00322. The molecule has 9 rings (SSSR count). The average Bonchev–Trinajstić information content (AvgIpc) is 3.72. The van der Waals surface area contributed by atoms with E-state index in [2.05, 4.69) is 27.7 Å². The third-order valence-corrected chi connectivity index (χ3v) is 18.8. The second kappa shape index (κ2) is 18.2. The van der Waals surface area contributed by atoms with E-state index >= 15 is 0 Å². The lowest BCUT2D eigenvalue weighted by Crippen LogP contribution is -2.66. The molecule has 18 nitrogen and oxygen atoms in total. The van der Waals surface area contributed by atoms with E-state index in [1.165, 1.54) is 0 Å². The fourth-order valence-electron chi connectivity index (χ4n) is 15.2. The molecule has 9 aliphatic rings. The van der Waals surface area contributed by atoms with Crippen LogP contribution >= 0.6 is 0 Å². The summed E-state index contributed by atoms with van der Waals surface area (Å²) < 4.78 is 43.2. The number of rotatable bonds is 9. The normalized spacial score (nSPS) is 58.6. The lowest BCUT2D eigenvalue weighted by atomic mass is 9.44. The van der Waals surface area contributed by atoms with E-state index in [0.29, 0.717) is 48.3 Å². The third-order valence-electron chi connectivity index (χ3n) is 18.8. The SMILES string of the molecule is CC1CC[C@@]2(OC1)OC1CC3C4CC[C@H]5C[C@@H](O[C@@H]6C[C@H](CO)[C@H](O[C@@H]7O[C@H](CO)[C@@H](O)[C@H](O)[C@H]7O[C@@H]7O[C@H](CO)[C@@H](O)[C@H](O)[C@H]7O)[C@H](O)[C@H]6O)[C@H](O)C[C@]5(C)C4CC[C@]3(C)C1[C@@H]2C. The fourth-order valence-corrected chi connectivity index (χ4v) is 15.2. The van der Waals surface area contributed by atoms with Gasteiger partial charge in [-0.25, -0.2) is 0 Å². The Morgan fingerprint density at radius 1 is 0.594 bits per heavy atom. The Hall–Kier alpha value is -0.720. The van der Waals surface area contributed by atoms with Gasteiger partial charge >= 0.3 is 0 Å². The highest BCUT2D eigenvalue weighted by molar-refractivity contribution is 5.16. The van der Waals surface area contributed by atoms with Crippen LogP contribution in [0.15, 0.2) is 0 Å².